The van der Waals surface area contributed by atoms with E-state index in [1.807, 2.05) is 7.05 Å². The van der Waals surface area contributed by atoms with Crippen LogP contribution in [0, 0.1) is 0 Å². The van der Waals surface area contributed by atoms with Crippen molar-refractivity contribution < 1.29 is 9.47 Å². The molecule has 0 fully saturated rings. The second-order valence-corrected chi connectivity index (χ2v) is 2.81. The van der Waals surface area contributed by atoms with Gasteiger partial charge >= 0.3 is 0 Å². The third-order valence-electron chi connectivity index (χ3n) is 1.73. The molecule has 0 saturated carbocycles. The first-order chi connectivity index (χ1) is 5.74. The predicted molar refractivity (Wildman–Crippen MR) is 49.0 cm³/mol. The highest BCUT2D eigenvalue weighted by atomic mass is 16.7. The molecule has 0 atom stereocenters. The van der Waals surface area contributed by atoms with Crippen LogP contribution in [-0.2, 0) is 9.47 Å². The van der Waals surface area contributed by atoms with Gasteiger partial charge in [-0.1, -0.05) is 0 Å². The van der Waals surface area contributed by atoms with Gasteiger partial charge in [0.1, 0.15) is 0 Å². The molecule has 0 bridgehead atoms. The number of likely N-dealkylation sites (N-methyl/N-ethyl adjacent to an activating group) is 1. The second-order valence-electron chi connectivity index (χ2n) is 2.81. The summed E-state index contributed by atoms with van der Waals surface area (Å²) in [5.41, 5.74) is 5.38. The first kappa shape index (κ1) is 11.8. The Hall–Kier alpha value is -0.160. The molecular weight excluding hydrogens is 156 g/mol. The van der Waals surface area contributed by atoms with Gasteiger partial charge in [-0.15, -0.1) is 0 Å². The highest BCUT2D eigenvalue weighted by molar-refractivity contribution is 4.54. The van der Waals surface area contributed by atoms with Gasteiger partial charge in [0.25, 0.3) is 0 Å². The maximum atomic E-state index is 5.38. The van der Waals surface area contributed by atoms with Crippen molar-refractivity contribution in [2.24, 2.45) is 5.73 Å². The van der Waals surface area contributed by atoms with Crippen LogP contribution in [0.3, 0.4) is 0 Å². The summed E-state index contributed by atoms with van der Waals surface area (Å²) in [5, 5.41) is 0. The summed E-state index contributed by atoms with van der Waals surface area (Å²) in [6.45, 7) is 2.50. The standard InChI is InChI=1S/C8H20N2O2/c1-10(6-4-5-9)7-8(11-2)12-3/h8H,4-7,9H2,1-3H3. The Bertz CT molecular complexity index is 97.1. The fraction of sp³-hybridized carbons (Fsp3) is 1.00. The minimum Gasteiger partial charge on any atom is -0.355 e. The average Bonchev–Trinajstić information content (AvgIpc) is 2.10. The van der Waals surface area contributed by atoms with Crippen molar-refractivity contribution in [3.8, 4) is 0 Å². The molecule has 0 aromatic heterocycles. The Kier molecular flexibility index (Phi) is 7.39. The number of hydrogen-bond donors (Lipinski definition) is 1. The van der Waals surface area contributed by atoms with Crippen molar-refractivity contribution >= 4 is 0 Å². The zero-order valence-electron chi connectivity index (χ0n) is 8.25. The maximum absolute atomic E-state index is 5.38. The molecule has 4 nitrogen and oxygen atoms in total. The largest absolute Gasteiger partial charge is 0.355 e. The molecule has 0 aliphatic rings. The summed E-state index contributed by atoms with van der Waals surface area (Å²) in [6, 6.07) is 0. The van der Waals surface area contributed by atoms with Crippen molar-refractivity contribution in [1.82, 2.24) is 4.90 Å². The summed E-state index contributed by atoms with van der Waals surface area (Å²) >= 11 is 0. The Morgan fingerprint density at radius 3 is 2.33 bits per heavy atom. The van der Waals surface area contributed by atoms with E-state index in [-0.39, 0.29) is 6.29 Å². The summed E-state index contributed by atoms with van der Waals surface area (Å²) in [4.78, 5) is 2.14. The molecule has 74 valence electrons. The number of nitrogens with two attached hydrogens (primary N) is 1. The fourth-order valence-electron chi connectivity index (χ4n) is 0.952. The first-order valence-corrected chi connectivity index (χ1v) is 4.18. The molecule has 0 unspecified atom stereocenters. The molecule has 0 spiro atoms. The summed E-state index contributed by atoms with van der Waals surface area (Å²) in [6.07, 6.45) is 0.879. The molecule has 0 aliphatic heterocycles. The molecule has 0 aliphatic carbocycles. The highest BCUT2D eigenvalue weighted by Gasteiger charge is 2.07. The van der Waals surface area contributed by atoms with Crippen LogP contribution < -0.4 is 5.73 Å². The van der Waals surface area contributed by atoms with Crippen LogP contribution in [-0.4, -0.2) is 52.1 Å². The fourth-order valence-corrected chi connectivity index (χ4v) is 0.952. The van der Waals surface area contributed by atoms with E-state index in [4.69, 9.17) is 15.2 Å². The average molecular weight is 176 g/mol. The van der Waals surface area contributed by atoms with Crippen molar-refractivity contribution in [3.63, 3.8) is 0 Å². The molecule has 4 heteroatoms. The van der Waals surface area contributed by atoms with E-state index in [9.17, 15) is 0 Å². The minimum absolute atomic E-state index is 0.132. The molecule has 2 N–H and O–H groups in total. The lowest BCUT2D eigenvalue weighted by Crippen LogP contribution is -2.33. The van der Waals surface area contributed by atoms with Crippen LogP contribution in [0.2, 0.25) is 0 Å². The van der Waals surface area contributed by atoms with Gasteiger partial charge in [0.2, 0.25) is 0 Å². The van der Waals surface area contributed by atoms with Crippen LogP contribution in [0.4, 0.5) is 0 Å². The molecule has 0 radical (unpaired) electrons. The SMILES string of the molecule is COC(CN(C)CCCN)OC. The smallest absolute Gasteiger partial charge is 0.169 e. The van der Waals surface area contributed by atoms with Gasteiger partial charge in [-0.05, 0) is 26.6 Å². The van der Waals surface area contributed by atoms with Crippen molar-refractivity contribution in [2.75, 3.05) is 40.9 Å². The van der Waals surface area contributed by atoms with E-state index in [0.717, 1.165) is 26.1 Å². The van der Waals surface area contributed by atoms with Crippen molar-refractivity contribution in [2.45, 2.75) is 12.7 Å². The quantitative estimate of drug-likeness (QED) is 0.550. The van der Waals surface area contributed by atoms with E-state index in [2.05, 4.69) is 4.90 Å². The van der Waals surface area contributed by atoms with Crippen LogP contribution in [0.5, 0.6) is 0 Å². The summed E-state index contributed by atoms with van der Waals surface area (Å²) in [7, 11) is 5.32. The van der Waals surface area contributed by atoms with E-state index in [1.54, 1.807) is 14.2 Å². The highest BCUT2D eigenvalue weighted by Crippen LogP contribution is 1.95. The van der Waals surface area contributed by atoms with Gasteiger partial charge in [-0.25, -0.2) is 0 Å². The zero-order valence-corrected chi connectivity index (χ0v) is 8.25. The molecule has 0 aromatic rings. The van der Waals surface area contributed by atoms with Crippen molar-refractivity contribution in [1.29, 1.82) is 0 Å². The van der Waals surface area contributed by atoms with Gasteiger partial charge in [0.05, 0.1) is 0 Å². The molecule has 0 amide bonds. The molecule has 12 heavy (non-hydrogen) atoms. The van der Waals surface area contributed by atoms with Crippen LogP contribution >= 0.6 is 0 Å². The van der Waals surface area contributed by atoms with E-state index in [0.29, 0.717) is 0 Å². The minimum atomic E-state index is -0.132. The van der Waals surface area contributed by atoms with Crippen LogP contribution in [0.1, 0.15) is 6.42 Å². The van der Waals surface area contributed by atoms with E-state index >= 15 is 0 Å². The Morgan fingerprint density at radius 2 is 1.92 bits per heavy atom. The molecule has 0 rings (SSSR count). The molecular formula is C8H20N2O2. The monoisotopic (exact) mass is 176 g/mol. The maximum Gasteiger partial charge on any atom is 0.169 e. The van der Waals surface area contributed by atoms with E-state index < -0.39 is 0 Å². The van der Waals surface area contributed by atoms with E-state index in [1.165, 1.54) is 0 Å². The third kappa shape index (κ3) is 5.49. The number of methoxy groups -OCH3 is 2. The molecule has 0 aromatic carbocycles. The lowest BCUT2D eigenvalue weighted by atomic mass is 10.4. The molecule has 0 heterocycles. The Labute approximate surface area is 74.6 Å². The number of nitrogens with zero attached hydrogens (tertiary/aromatic N) is 1. The van der Waals surface area contributed by atoms with Crippen LogP contribution in [0.25, 0.3) is 0 Å². The summed E-state index contributed by atoms with van der Waals surface area (Å²) < 4.78 is 10.1. The number of hydrogen-bond acceptors (Lipinski definition) is 4. The van der Waals surface area contributed by atoms with Gasteiger partial charge < -0.3 is 20.1 Å². The van der Waals surface area contributed by atoms with Gasteiger partial charge in [0, 0.05) is 20.8 Å². The normalized spacial score (nSPS) is 11.5. The predicted octanol–water partition coefficient (Wildman–Crippen LogP) is -0.114. The Morgan fingerprint density at radius 1 is 1.33 bits per heavy atom. The third-order valence-corrected chi connectivity index (χ3v) is 1.73. The van der Waals surface area contributed by atoms with Gasteiger partial charge in [-0.2, -0.15) is 0 Å². The first-order valence-electron chi connectivity index (χ1n) is 4.18. The van der Waals surface area contributed by atoms with Crippen molar-refractivity contribution in [3.05, 3.63) is 0 Å². The lowest BCUT2D eigenvalue weighted by molar-refractivity contribution is -0.113. The number of rotatable bonds is 7. The Balaban J connectivity index is 3.44. The molecule has 0 saturated heterocycles. The van der Waals surface area contributed by atoms with Gasteiger partial charge in [-0.3, -0.25) is 0 Å². The summed E-state index contributed by atoms with van der Waals surface area (Å²) in [5.74, 6) is 0. The zero-order chi connectivity index (χ0) is 9.40. The topological polar surface area (TPSA) is 47.7 Å². The number of ether oxygens (including phenoxy) is 2. The van der Waals surface area contributed by atoms with Crippen LogP contribution in [0.15, 0.2) is 0 Å². The second kappa shape index (κ2) is 7.49. The van der Waals surface area contributed by atoms with Gasteiger partial charge in [0.15, 0.2) is 6.29 Å². The lowest BCUT2D eigenvalue weighted by Gasteiger charge is -2.21.